The molecule has 0 spiro atoms. The molecule has 42 heavy (non-hydrogen) atoms. The first-order valence-electron chi connectivity index (χ1n) is 15.1. The number of ether oxygens (including phenoxy) is 2. The molecule has 3 rings (SSSR count). The van der Waals surface area contributed by atoms with E-state index in [1.807, 2.05) is 31.7 Å². The van der Waals surface area contributed by atoms with Crippen molar-refractivity contribution in [2.24, 2.45) is 0 Å². The second kappa shape index (κ2) is 17.6. The fourth-order valence-corrected chi connectivity index (χ4v) is 6.76. The second-order valence-corrected chi connectivity index (χ2v) is 12.1. The highest BCUT2D eigenvalue weighted by Gasteiger charge is 2.34. The number of likely N-dealkylation sites (N-methyl/N-ethyl adjacent to an activating group) is 1. The predicted molar refractivity (Wildman–Crippen MR) is 165 cm³/mol. The first-order valence-corrected chi connectivity index (χ1v) is 16.1. The van der Waals surface area contributed by atoms with Crippen molar-refractivity contribution in [3.63, 3.8) is 0 Å². The number of nitrogens with zero attached hydrogens (tertiary/aromatic N) is 1. The largest absolute Gasteiger partial charge is 0.572 e. The molecule has 3 aliphatic rings. The van der Waals surface area contributed by atoms with Gasteiger partial charge in [-0.05, 0) is 69.2 Å². The number of hydrogen-bond donors (Lipinski definition) is 4. The van der Waals surface area contributed by atoms with E-state index < -0.39 is 12.6 Å². The highest BCUT2D eigenvalue weighted by atomic mass is 32.2. The van der Waals surface area contributed by atoms with Gasteiger partial charge in [-0.3, -0.25) is 15.5 Å². The van der Waals surface area contributed by atoms with E-state index in [0.717, 1.165) is 55.7 Å². The third-order valence-corrected chi connectivity index (χ3v) is 9.11. The van der Waals surface area contributed by atoms with E-state index in [2.05, 4.69) is 44.3 Å². The van der Waals surface area contributed by atoms with Crippen LogP contribution in [0.25, 0.3) is 0 Å². The van der Waals surface area contributed by atoms with Crippen LogP contribution in [0.4, 0.5) is 13.2 Å². The highest BCUT2D eigenvalue weighted by molar-refractivity contribution is 8.00. The molecule has 3 unspecified atom stereocenters. The van der Waals surface area contributed by atoms with Crippen molar-refractivity contribution >= 4 is 11.8 Å². The van der Waals surface area contributed by atoms with Crippen molar-refractivity contribution in [1.29, 1.82) is 0 Å². The lowest BCUT2D eigenvalue weighted by atomic mass is 9.93. The molecule has 0 saturated carbocycles. The minimum atomic E-state index is -4.69. The summed E-state index contributed by atoms with van der Waals surface area (Å²) in [6.07, 6.45) is 7.89. The third-order valence-electron chi connectivity index (χ3n) is 7.83. The minimum absolute atomic E-state index is 0.00138. The van der Waals surface area contributed by atoms with Gasteiger partial charge in [0.05, 0.1) is 6.10 Å². The van der Waals surface area contributed by atoms with Crippen LogP contribution in [0.2, 0.25) is 0 Å². The number of aliphatic hydroxyl groups excluding tert-OH is 1. The molecule has 4 atom stereocenters. The van der Waals surface area contributed by atoms with Gasteiger partial charge < -0.3 is 19.9 Å². The van der Waals surface area contributed by atoms with Crippen LogP contribution in [0, 0.1) is 0 Å². The van der Waals surface area contributed by atoms with Crippen LogP contribution in [-0.4, -0.2) is 85.8 Å². The third kappa shape index (κ3) is 11.8. The van der Waals surface area contributed by atoms with E-state index in [-0.39, 0.29) is 29.8 Å². The number of methoxy groups -OCH3 is 1. The van der Waals surface area contributed by atoms with Gasteiger partial charge in [0.15, 0.2) is 0 Å². The van der Waals surface area contributed by atoms with Gasteiger partial charge in [-0.25, -0.2) is 0 Å². The fourth-order valence-electron chi connectivity index (χ4n) is 5.45. The second-order valence-electron chi connectivity index (χ2n) is 11.0. The normalized spacial score (nSPS) is 24.3. The summed E-state index contributed by atoms with van der Waals surface area (Å²) in [5, 5.41) is 20.6. The molecule has 0 aromatic carbocycles. The van der Waals surface area contributed by atoms with Crippen molar-refractivity contribution in [2.45, 2.75) is 89.0 Å². The van der Waals surface area contributed by atoms with Gasteiger partial charge in [0, 0.05) is 51.5 Å². The van der Waals surface area contributed by atoms with Gasteiger partial charge >= 0.3 is 6.36 Å². The summed E-state index contributed by atoms with van der Waals surface area (Å²) in [7, 11) is 1.75. The Hall–Kier alpha value is -1.60. The Morgan fingerprint density at radius 1 is 1.31 bits per heavy atom. The molecule has 0 aromatic rings. The SMILES string of the molecule is C=C(CC/C(=C\C)CN(CC1=CCCC(OC(F)(F)F)=C1)[C@@H]1NC(C2=CC(OC)CCC2)CS1)C(O)NCCNCC. The van der Waals surface area contributed by atoms with E-state index in [0.29, 0.717) is 32.5 Å². The zero-order valence-corrected chi connectivity index (χ0v) is 26.1. The molecule has 238 valence electrons. The van der Waals surface area contributed by atoms with Gasteiger partial charge in [-0.15, -0.1) is 24.9 Å². The van der Waals surface area contributed by atoms with E-state index in [9.17, 15) is 18.3 Å². The number of hydrogen-bond acceptors (Lipinski definition) is 8. The molecule has 0 radical (unpaired) electrons. The molecule has 2 aliphatic carbocycles. The Balaban J connectivity index is 1.68. The molecule has 4 N–H and O–H groups in total. The molecule has 1 fully saturated rings. The van der Waals surface area contributed by atoms with Crippen LogP contribution in [-0.2, 0) is 9.47 Å². The van der Waals surface area contributed by atoms with E-state index in [1.54, 1.807) is 13.2 Å². The summed E-state index contributed by atoms with van der Waals surface area (Å²) in [4.78, 5) is 2.30. The molecule has 7 nitrogen and oxygen atoms in total. The van der Waals surface area contributed by atoms with Crippen molar-refractivity contribution in [2.75, 3.05) is 45.6 Å². The number of alkyl halides is 3. The van der Waals surface area contributed by atoms with Gasteiger partial charge in [0.25, 0.3) is 0 Å². The number of aliphatic hydroxyl groups is 1. The molecule has 0 amide bonds. The fraction of sp³-hybridized carbons (Fsp3) is 0.677. The van der Waals surface area contributed by atoms with Crippen molar-refractivity contribution in [1.82, 2.24) is 20.9 Å². The van der Waals surface area contributed by atoms with E-state index >= 15 is 0 Å². The number of allylic oxidation sites excluding steroid dienone is 3. The van der Waals surface area contributed by atoms with Gasteiger partial charge in [-0.2, -0.15) is 0 Å². The van der Waals surface area contributed by atoms with Crippen LogP contribution in [0.1, 0.15) is 58.8 Å². The molecular formula is C31H49F3N4O3S. The summed E-state index contributed by atoms with van der Waals surface area (Å²) < 4.78 is 48.6. The van der Waals surface area contributed by atoms with Crippen LogP contribution in [0.3, 0.4) is 0 Å². The summed E-state index contributed by atoms with van der Waals surface area (Å²) in [5.74, 6) is 0.883. The minimum Gasteiger partial charge on any atom is -0.410 e. The smallest absolute Gasteiger partial charge is 0.410 e. The number of rotatable bonds is 17. The Labute approximate surface area is 253 Å². The molecular weight excluding hydrogens is 565 g/mol. The Morgan fingerprint density at radius 3 is 2.83 bits per heavy atom. The molecule has 1 heterocycles. The number of thioether (sulfide) groups is 1. The maximum Gasteiger partial charge on any atom is 0.572 e. The van der Waals surface area contributed by atoms with Crippen LogP contribution < -0.4 is 16.0 Å². The summed E-state index contributed by atoms with van der Waals surface area (Å²) in [6.45, 7) is 11.6. The lowest BCUT2D eigenvalue weighted by Crippen LogP contribution is -2.45. The lowest BCUT2D eigenvalue weighted by Gasteiger charge is -2.32. The summed E-state index contributed by atoms with van der Waals surface area (Å²) >= 11 is 1.83. The van der Waals surface area contributed by atoms with Crippen LogP contribution >= 0.6 is 11.8 Å². The summed E-state index contributed by atoms with van der Waals surface area (Å²) in [6, 6.07) is 0.234. The zero-order chi connectivity index (χ0) is 30.5. The van der Waals surface area contributed by atoms with Crippen molar-refractivity contribution < 1.29 is 27.8 Å². The molecule has 1 aliphatic heterocycles. The Morgan fingerprint density at radius 2 is 2.12 bits per heavy atom. The number of halogens is 3. The van der Waals surface area contributed by atoms with Gasteiger partial charge in [-0.1, -0.05) is 42.9 Å². The van der Waals surface area contributed by atoms with E-state index in [4.69, 9.17) is 4.74 Å². The number of nitrogens with one attached hydrogen (secondary N) is 3. The van der Waals surface area contributed by atoms with Gasteiger partial charge in [0.2, 0.25) is 0 Å². The highest BCUT2D eigenvalue weighted by Crippen LogP contribution is 2.33. The molecule has 11 heteroatoms. The summed E-state index contributed by atoms with van der Waals surface area (Å²) in [5.41, 5.74) is 4.11. The zero-order valence-electron chi connectivity index (χ0n) is 25.3. The molecule has 0 aromatic heterocycles. The van der Waals surface area contributed by atoms with Crippen molar-refractivity contribution in [3.8, 4) is 0 Å². The molecule has 0 bridgehead atoms. The Bertz CT molecular complexity index is 998. The maximum absolute atomic E-state index is 12.9. The quantitative estimate of drug-likeness (QED) is 0.0994. The predicted octanol–water partition coefficient (Wildman–Crippen LogP) is 5.34. The standard InChI is InChI=1S/C31H49F3N4O3S/c1-5-23(14-13-22(3)29(39)36-16-15-35-6-2)19-38(20-24-9-7-12-27(17-24)41-31(32,33)34)30-37-28(21-42-30)25-10-8-11-26(18-25)40-4/h5,9,17-18,26,28-30,35-37,39H,3,6-8,10-16,19-21H2,1-2,4H3/b23-5+/t26?,28?,29?,30-/m0/s1. The average Bonchev–Trinajstić information content (AvgIpc) is 3.46. The van der Waals surface area contributed by atoms with Crippen LogP contribution in [0.5, 0.6) is 0 Å². The first-order chi connectivity index (χ1) is 20.1. The maximum atomic E-state index is 12.9. The Kier molecular flexibility index (Phi) is 14.6. The average molecular weight is 615 g/mol. The molecule has 1 saturated heterocycles. The topological polar surface area (TPSA) is 78.0 Å². The van der Waals surface area contributed by atoms with Crippen molar-refractivity contribution in [3.05, 3.63) is 58.9 Å². The van der Waals surface area contributed by atoms with Gasteiger partial charge in [0.1, 0.15) is 17.5 Å². The van der Waals surface area contributed by atoms with Crippen LogP contribution in [0.15, 0.2) is 58.9 Å². The monoisotopic (exact) mass is 614 g/mol. The van der Waals surface area contributed by atoms with E-state index in [1.165, 1.54) is 11.1 Å². The first kappa shape index (κ1) is 34.9. The lowest BCUT2D eigenvalue weighted by molar-refractivity contribution is -0.306.